The first-order valence-corrected chi connectivity index (χ1v) is 14.1. The Morgan fingerprint density at radius 2 is 1.77 bits per heavy atom. The number of para-hydroxylation sites is 1. The van der Waals surface area contributed by atoms with Crippen LogP contribution in [0.4, 0.5) is 0 Å². The number of rotatable bonds is 9. The third kappa shape index (κ3) is 5.43. The number of thioether (sulfide) groups is 1. The van der Waals surface area contributed by atoms with Gasteiger partial charge in [0.15, 0.2) is 0 Å². The Kier molecular flexibility index (Phi) is 7.74. The average Bonchev–Trinajstić information content (AvgIpc) is 3.40. The number of nitrogens with zero attached hydrogens (tertiary/aromatic N) is 3. The molecule has 0 bridgehead atoms. The number of carbonyl (C=O) groups is 2. The third-order valence-corrected chi connectivity index (χ3v) is 8.01. The fraction of sp³-hybridized carbons (Fsp3) is 0.258. The Balaban J connectivity index is 1.44. The van der Waals surface area contributed by atoms with Crippen molar-refractivity contribution in [3.8, 4) is 17.0 Å². The first kappa shape index (κ1) is 26.6. The molecule has 0 unspecified atom stereocenters. The van der Waals surface area contributed by atoms with Gasteiger partial charge in [0.1, 0.15) is 17.0 Å². The van der Waals surface area contributed by atoms with E-state index in [1.54, 1.807) is 28.5 Å². The third-order valence-electron chi connectivity index (χ3n) is 7.27. The number of nitrogens with one attached hydrogen (secondary N) is 1. The van der Waals surface area contributed by atoms with E-state index >= 15 is 0 Å². The highest BCUT2D eigenvalue weighted by Crippen LogP contribution is 2.31. The van der Waals surface area contributed by atoms with Gasteiger partial charge in [-0.15, -0.1) is 11.8 Å². The molecule has 2 amide bonds. The molecule has 3 aromatic carbocycles. The number of carbonyl (C=O) groups excluding carboxylic acids is 2. The maximum Gasteiger partial charge on any atom is 0.273 e. The Morgan fingerprint density at radius 1 is 1.05 bits per heavy atom. The van der Waals surface area contributed by atoms with Crippen LogP contribution in [0.5, 0.6) is 5.75 Å². The molecule has 1 aromatic heterocycles. The minimum atomic E-state index is -1.13. The highest BCUT2D eigenvalue weighted by atomic mass is 32.2. The Bertz CT molecular complexity index is 1470. The van der Waals surface area contributed by atoms with E-state index in [2.05, 4.69) is 29.6 Å². The van der Waals surface area contributed by atoms with E-state index in [-0.39, 0.29) is 24.9 Å². The lowest BCUT2D eigenvalue weighted by Gasteiger charge is -2.43. The van der Waals surface area contributed by atoms with Crippen molar-refractivity contribution in [2.45, 2.75) is 36.9 Å². The van der Waals surface area contributed by atoms with Gasteiger partial charge >= 0.3 is 0 Å². The number of methoxy groups -OCH3 is 1. The summed E-state index contributed by atoms with van der Waals surface area (Å²) in [6.45, 7) is 2.77. The Hall–Kier alpha value is -4.04. The molecular formula is C31H32N4O3S. The molecule has 200 valence electrons. The molecule has 1 N–H and O–H groups in total. The van der Waals surface area contributed by atoms with Gasteiger partial charge in [-0.1, -0.05) is 60.7 Å². The molecule has 1 atom stereocenters. The molecule has 7 nitrogen and oxygen atoms in total. The van der Waals surface area contributed by atoms with E-state index in [0.29, 0.717) is 30.1 Å². The topological polar surface area (TPSA) is 76.5 Å². The van der Waals surface area contributed by atoms with E-state index in [9.17, 15) is 9.59 Å². The number of benzene rings is 3. The minimum absolute atomic E-state index is 0.202. The van der Waals surface area contributed by atoms with Gasteiger partial charge in [-0.2, -0.15) is 5.10 Å². The van der Waals surface area contributed by atoms with Crippen molar-refractivity contribution in [1.82, 2.24) is 20.0 Å². The number of amides is 2. The quantitative estimate of drug-likeness (QED) is 0.301. The highest BCUT2D eigenvalue weighted by molar-refractivity contribution is 7.98. The van der Waals surface area contributed by atoms with Gasteiger partial charge < -0.3 is 15.0 Å². The first-order chi connectivity index (χ1) is 18.9. The summed E-state index contributed by atoms with van der Waals surface area (Å²) in [6.07, 6.45) is 2.68. The molecule has 4 aromatic rings. The summed E-state index contributed by atoms with van der Waals surface area (Å²) in [5, 5.41) is 7.79. The molecular weight excluding hydrogens is 508 g/mol. The summed E-state index contributed by atoms with van der Waals surface area (Å²) in [4.78, 5) is 30.7. The van der Waals surface area contributed by atoms with Gasteiger partial charge in [0.05, 0.1) is 19.3 Å². The molecule has 2 heterocycles. The molecule has 5 rings (SSSR count). The molecule has 0 saturated carbocycles. The van der Waals surface area contributed by atoms with Crippen LogP contribution in [-0.4, -0.2) is 51.9 Å². The fourth-order valence-corrected chi connectivity index (χ4v) is 5.40. The molecule has 0 spiro atoms. The number of aromatic nitrogens is 2. The molecule has 39 heavy (non-hydrogen) atoms. The molecule has 0 saturated heterocycles. The summed E-state index contributed by atoms with van der Waals surface area (Å²) in [5.41, 5.74) is 2.97. The summed E-state index contributed by atoms with van der Waals surface area (Å²) in [7, 11) is 1.61. The zero-order valence-corrected chi connectivity index (χ0v) is 23.2. The molecule has 0 aliphatic carbocycles. The SMILES string of the molecule is COc1ccccc1CNC(=O)[C@@]1(C)Cn2nc(-c3ccccc3)cc2C(=O)N1CCc1ccc(SC)cc1. The van der Waals surface area contributed by atoms with Crippen molar-refractivity contribution in [3.05, 3.63) is 102 Å². The largest absolute Gasteiger partial charge is 0.496 e. The van der Waals surface area contributed by atoms with Gasteiger partial charge in [0.25, 0.3) is 5.91 Å². The van der Waals surface area contributed by atoms with Crippen molar-refractivity contribution in [1.29, 1.82) is 0 Å². The standard InChI is InChI=1S/C31H32N4O3S/c1-31(30(37)32-20-24-11-7-8-12-28(24)38-2)21-35-27(19-26(33-35)23-9-5-4-6-10-23)29(36)34(31)18-17-22-13-15-25(39-3)16-14-22/h4-16,19H,17-18,20-21H2,1-3H3,(H,32,37)/t31-/m1/s1. The second kappa shape index (κ2) is 11.4. The lowest BCUT2D eigenvalue weighted by atomic mass is 9.94. The zero-order valence-electron chi connectivity index (χ0n) is 22.4. The van der Waals surface area contributed by atoms with Gasteiger partial charge in [-0.3, -0.25) is 14.3 Å². The van der Waals surface area contributed by atoms with E-state index in [0.717, 1.165) is 16.7 Å². The predicted molar refractivity (Wildman–Crippen MR) is 154 cm³/mol. The van der Waals surface area contributed by atoms with E-state index in [4.69, 9.17) is 9.84 Å². The van der Waals surface area contributed by atoms with Crippen LogP contribution in [0.3, 0.4) is 0 Å². The smallest absolute Gasteiger partial charge is 0.273 e. The summed E-state index contributed by atoms with van der Waals surface area (Å²) < 4.78 is 7.13. The van der Waals surface area contributed by atoms with Crippen LogP contribution in [-0.2, 0) is 24.3 Å². The lowest BCUT2D eigenvalue weighted by Crippen LogP contribution is -2.64. The van der Waals surface area contributed by atoms with Crippen LogP contribution in [0.15, 0.2) is 89.8 Å². The maximum absolute atomic E-state index is 13.9. The zero-order chi connectivity index (χ0) is 27.4. The normalized spacial score (nSPS) is 16.6. The minimum Gasteiger partial charge on any atom is -0.496 e. The van der Waals surface area contributed by atoms with E-state index in [1.165, 1.54) is 4.90 Å². The highest BCUT2D eigenvalue weighted by Gasteiger charge is 2.47. The predicted octanol–water partition coefficient (Wildman–Crippen LogP) is 5.05. The van der Waals surface area contributed by atoms with Crippen molar-refractivity contribution in [2.75, 3.05) is 19.9 Å². The number of ether oxygens (including phenoxy) is 1. The van der Waals surface area contributed by atoms with Crippen molar-refractivity contribution >= 4 is 23.6 Å². The van der Waals surface area contributed by atoms with Crippen LogP contribution < -0.4 is 10.1 Å². The first-order valence-electron chi connectivity index (χ1n) is 12.9. The Morgan fingerprint density at radius 3 is 2.49 bits per heavy atom. The van der Waals surface area contributed by atoms with Crippen LogP contribution in [0.2, 0.25) is 0 Å². The van der Waals surface area contributed by atoms with Crippen molar-refractivity contribution < 1.29 is 14.3 Å². The van der Waals surface area contributed by atoms with E-state index in [1.807, 2.05) is 73.8 Å². The summed E-state index contributed by atoms with van der Waals surface area (Å²) >= 11 is 1.69. The van der Waals surface area contributed by atoms with Crippen molar-refractivity contribution in [2.24, 2.45) is 0 Å². The monoisotopic (exact) mass is 540 g/mol. The average molecular weight is 541 g/mol. The molecule has 8 heteroatoms. The van der Waals surface area contributed by atoms with Crippen LogP contribution in [0, 0.1) is 0 Å². The molecule has 1 aliphatic rings. The number of fused-ring (bicyclic) bond motifs is 1. The molecule has 1 aliphatic heterocycles. The maximum atomic E-state index is 13.9. The van der Waals surface area contributed by atoms with Gasteiger partial charge in [-0.05, 0) is 49.4 Å². The van der Waals surface area contributed by atoms with Crippen LogP contribution in [0.25, 0.3) is 11.3 Å². The molecule has 0 fully saturated rings. The summed E-state index contributed by atoms with van der Waals surface area (Å²) in [5.74, 6) is 0.267. The lowest BCUT2D eigenvalue weighted by molar-refractivity contribution is -0.133. The van der Waals surface area contributed by atoms with E-state index < -0.39 is 5.54 Å². The second-order valence-corrected chi connectivity index (χ2v) is 10.6. The Labute approximate surface area is 233 Å². The van der Waals surface area contributed by atoms with Gasteiger partial charge in [0.2, 0.25) is 5.91 Å². The summed E-state index contributed by atoms with van der Waals surface area (Å²) in [6, 6.07) is 27.5. The van der Waals surface area contributed by atoms with Crippen molar-refractivity contribution in [3.63, 3.8) is 0 Å². The van der Waals surface area contributed by atoms with Gasteiger partial charge in [0, 0.05) is 29.1 Å². The van der Waals surface area contributed by atoms with Crippen LogP contribution in [0.1, 0.15) is 28.5 Å². The fourth-order valence-electron chi connectivity index (χ4n) is 4.99. The second-order valence-electron chi connectivity index (χ2n) is 9.76. The number of hydrogen-bond donors (Lipinski definition) is 1. The van der Waals surface area contributed by atoms with Crippen LogP contribution >= 0.6 is 11.8 Å². The van der Waals surface area contributed by atoms with Gasteiger partial charge in [-0.25, -0.2) is 0 Å². The number of hydrogen-bond acceptors (Lipinski definition) is 5. The molecule has 0 radical (unpaired) electrons.